The molecule has 0 aliphatic carbocycles. The molecule has 88 valence electrons. The largest absolute Gasteiger partial charge is 0.419 e. The van der Waals surface area contributed by atoms with Crippen LogP contribution in [0.5, 0.6) is 0 Å². The quantitative estimate of drug-likeness (QED) is 0.460. The smallest absolute Gasteiger partial charge is 0.302 e. The fourth-order valence-corrected chi connectivity index (χ4v) is 1.37. The summed E-state index contributed by atoms with van der Waals surface area (Å²) in [4.78, 5) is 10.2. The van der Waals surface area contributed by atoms with E-state index < -0.39 is 22.9 Å². The van der Waals surface area contributed by atoms with Crippen molar-refractivity contribution in [2.75, 3.05) is 0 Å². The van der Waals surface area contributed by atoms with Crippen LogP contribution in [0.25, 0.3) is 0 Å². The molecule has 0 amide bonds. The maximum Gasteiger partial charge on any atom is 0.419 e. The van der Waals surface area contributed by atoms with Gasteiger partial charge in [-0.2, -0.15) is 13.2 Å². The molecule has 1 atom stereocenters. The summed E-state index contributed by atoms with van der Waals surface area (Å²) in [6.45, 7) is 0. The Morgan fingerprint density at radius 2 is 2.00 bits per heavy atom. The van der Waals surface area contributed by atoms with Gasteiger partial charge in [-0.05, 0) is 24.1 Å². The predicted molar refractivity (Wildman–Crippen MR) is 50.8 cm³/mol. The van der Waals surface area contributed by atoms with Gasteiger partial charge >= 0.3 is 6.18 Å². The fourth-order valence-electron chi connectivity index (χ4n) is 1.19. The molecule has 0 aliphatic heterocycles. The van der Waals surface area contributed by atoms with E-state index in [4.69, 9.17) is 11.6 Å². The lowest BCUT2D eigenvalue weighted by molar-refractivity contribution is -0.140. The van der Waals surface area contributed by atoms with Gasteiger partial charge in [-0.3, -0.25) is 0 Å². The molecule has 0 aliphatic rings. The maximum atomic E-state index is 12.9. The summed E-state index contributed by atoms with van der Waals surface area (Å²) in [6.07, 6.45) is -4.39. The monoisotopic (exact) mass is 254 g/mol. The summed E-state index contributed by atoms with van der Waals surface area (Å²) < 4.78 is 49.8. The van der Waals surface area contributed by atoms with Gasteiger partial charge in [-0.1, -0.05) is 6.07 Å². The third-order valence-corrected chi connectivity index (χ3v) is 2.17. The van der Waals surface area contributed by atoms with Gasteiger partial charge in [0, 0.05) is 0 Å². The molecule has 0 saturated heterocycles. The molecule has 0 spiro atoms. The van der Waals surface area contributed by atoms with Crippen LogP contribution in [-0.4, -0.2) is 11.7 Å². The Bertz CT molecular complexity index is 389. The van der Waals surface area contributed by atoms with Crippen LogP contribution in [0.4, 0.5) is 17.6 Å². The highest BCUT2D eigenvalue weighted by Gasteiger charge is 2.34. The van der Waals surface area contributed by atoms with Crippen LogP contribution in [0.2, 0.25) is 0 Å². The molecule has 0 bridgehead atoms. The van der Waals surface area contributed by atoms with E-state index in [9.17, 15) is 22.4 Å². The summed E-state index contributed by atoms with van der Waals surface area (Å²) in [5.41, 5.74) is -1.18. The van der Waals surface area contributed by atoms with Crippen molar-refractivity contribution < 1.29 is 22.4 Å². The van der Waals surface area contributed by atoms with Crippen molar-refractivity contribution in [1.29, 1.82) is 0 Å². The Morgan fingerprint density at radius 1 is 1.38 bits per heavy atom. The zero-order valence-corrected chi connectivity index (χ0v) is 8.65. The van der Waals surface area contributed by atoms with Gasteiger partial charge in [0.25, 0.3) is 0 Å². The highest BCUT2D eigenvalue weighted by Crippen LogP contribution is 2.32. The Morgan fingerprint density at radius 3 is 2.50 bits per heavy atom. The van der Waals surface area contributed by atoms with Crippen LogP contribution in [0.1, 0.15) is 11.1 Å². The maximum absolute atomic E-state index is 12.9. The fraction of sp³-hybridized carbons (Fsp3) is 0.300. The normalized spacial score (nSPS) is 13.6. The zero-order valence-electron chi connectivity index (χ0n) is 7.89. The Balaban J connectivity index is 3.03. The first-order valence-electron chi connectivity index (χ1n) is 4.29. The second-order valence-electron chi connectivity index (χ2n) is 3.17. The van der Waals surface area contributed by atoms with Crippen molar-refractivity contribution in [3.63, 3.8) is 0 Å². The van der Waals surface area contributed by atoms with Crippen molar-refractivity contribution in [3.8, 4) is 0 Å². The third-order valence-electron chi connectivity index (χ3n) is 1.91. The summed E-state index contributed by atoms with van der Waals surface area (Å²) in [6, 6.07) is 2.55. The third kappa shape index (κ3) is 3.20. The molecule has 1 unspecified atom stereocenters. The van der Waals surface area contributed by atoms with E-state index in [1.165, 1.54) is 6.07 Å². The zero-order chi connectivity index (χ0) is 12.3. The first-order valence-corrected chi connectivity index (χ1v) is 4.73. The standard InChI is InChI=1S/C10H7ClF4O/c11-7(5-16)3-6-1-2-9(12)8(4-6)10(13,14)15/h1-2,4-5,7H,3H2. The van der Waals surface area contributed by atoms with Crippen LogP contribution >= 0.6 is 11.6 Å². The molecule has 6 heteroatoms. The van der Waals surface area contributed by atoms with E-state index in [1.54, 1.807) is 0 Å². The molecule has 0 fully saturated rings. The number of aldehydes is 1. The molecule has 1 nitrogen and oxygen atoms in total. The predicted octanol–water partition coefficient (Wildman–Crippen LogP) is 3.19. The van der Waals surface area contributed by atoms with E-state index in [0.717, 1.165) is 0 Å². The number of benzene rings is 1. The molecule has 0 N–H and O–H groups in total. The molecule has 0 radical (unpaired) electrons. The molecule has 0 aromatic heterocycles. The van der Waals surface area contributed by atoms with Gasteiger partial charge in [0.15, 0.2) is 0 Å². The van der Waals surface area contributed by atoms with Crippen molar-refractivity contribution in [2.24, 2.45) is 0 Å². The summed E-state index contributed by atoms with van der Waals surface area (Å²) in [5.74, 6) is -1.34. The summed E-state index contributed by atoms with van der Waals surface area (Å²) >= 11 is 5.46. The van der Waals surface area contributed by atoms with Gasteiger partial charge in [0.05, 0.1) is 10.9 Å². The molecule has 1 aromatic carbocycles. The van der Waals surface area contributed by atoms with Crippen molar-refractivity contribution in [3.05, 3.63) is 35.1 Å². The second-order valence-corrected chi connectivity index (χ2v) is 3.73. The molecule has 16 heavy (non-hydrogen) atoms. The molecule has 0 saturated carbocycles. The lowest BCUT2D eigenvalue weighted by atomic mass is 10.1. The van der Waals surface area contributed by atoms with E-state index >= 15 is 0 Å². The number of hydrogen-bond acceptors (Lipinski definition) is 1. The minimum atomic E-state index is -4.75. The number of rotatable bonds is 3. The number of carbonyl (C=O) groups is 1. The molecule has 0 heterocycles. The first kappa shape index (κ1) is 13.0. The molecule has 1 aromatic rings. The minimum Gasteiger partial charge on any atom is -0.302 e. The summed E-state index contributed by atoms with van der Waals surface area (Å²) in [7, 11) is 0. The van der Waals surface area contributed by atoms with Crippen LogP contribution < -0.4 is 0 Å². The Hall–Kier alpha value is -1.10. The average molecular weight is 255 g/mol. The Labute approximate surface area is 94.0 Å². The highest BCUT2D eigenvalue weighted by atomic mass is 35.5. The number of alkyl halides is 4. The second kappa shape index (κ2) is 4.82. The van der Waals surface area contributed by atoms with Crippen LogP contribution in [0, 0.1) is 5.82 Å². The average Bonchev–Trinajstić information content (AvgIpc) is 2.19. The highest BCUT2D eigenvalue weighted by molar-refractivity contribution is 6.27. The van der Waals surface area contributed by atoms with Gasteiger partial charge in [-0.25, -0.2) is 4.39 Å². The van der Waals surface area contributed by atoms with Crippen molar-refractivity contribution in [2.45, 2.75) is 18.0 Å². The molecule has 1 rings (SSSR count). The van der Waals surface area contributed by atoms with E-state index in [2.05, 4.69) is 0 Å². The molecular formula is C10H7ClF4O. The number of carbonyl (C=O) groups excluding carboxylic acids is 1. The molecular weight excluding hydrogens is 248 g/mol. The van der Waals surface area contributed by atoms with Gasteiger partial charge in [0.2, 0.25) is 0 Å². The van der Waals surface area contributed by atoms with E-state index in [-0.39, 0.29) is 12.0 Å². The first-order chi connectivity index (χ1) is 7.34. The minimum absolute atomic E-state index is 0.0611. The van der Waals surface area contributed by atoms with Gasteiger partial charge < -0.3 is 4.79 Å². The van der Waals surface area contributed by atoms with Crippen LogP contribution in [0.15, 0.2) is 18.2 Å². The van der Waals surface area contributed by atoms with Crippen molar-refractivity contribution >= 4 is 17.9 Å². The van der Waals surface area contributed by atoms with Crippen LogP contribution in [-0.2, 0) is 17.4 Å². The van der Waals surface area contributed by atoms with E-state index in [1.807, 2.05) is 0 Å². The van der Waals surface area contributed by atoms with Gasteiger partial charge in [-0.15, -0.1) is 11.6 Å². The Kier molecular flexibility index (Phi) is 3.91. The van der Waals surface area contributed by atoms with Crippen LogP contribution in [0.3, 0.4) is 0 Å². The van der Waals surface area contributed by atoms with Crippen molar-refractivity contribution in [1.82, 2.24) is 0 Å². The number of halogens is 5. The van der Waals surface area contributed by atoms with E-state index in [0.29, 0.717) is 18.4 Å². The van der Waals surface area contributed by atoms with Gasteiger partial charge in [0.1, 0.15) is 12.1 Å². The SMILES string of the molecule is O=CC(Cl)Cc1ccc(F)c(C(F)(F)F)c1. The lowest BCUT2D eigenvalue weighted by Gasteiger charge is -2.10. The lowest BCUT2D eigenvalue weighted by Crippen LogP contribution is -2.10. The summed E-state index contributed by atoms with van der Waals surface area (Å²) in [5, 5.41) is -0.911. The topological polar surface area (TPSA) is 17.1 Å². The number of hydrogen-bond donors (Lipinski definition) is 0.